The van der Waals surface area contributed by atoms with Gasteiger partial charge in [0.05, 0.1) is 17.3 Å². The summed E-state index contributed by atoms with van der Waals surface area (Å²) in [5, 5.41) is 7.22. The second kappa shape index (κ2) is 6.40. The van der Waals surface area contributed by atoms with Gasteiger partial charge in [-0.1, -0.05) is 46.9 Å². The Labute approximate surface area is 163 Å². The molecule has 0 aliphatic carbocycles. The van der Waals surface area contributed by atoms with Crippen LogP contribution in [0.25, 0.3) is 10.8 Å². The first-order valence-electron chi connectivity index (χ1n) is 7.56. The molecule has 1 heterocycles. The number of rotatable bonds is 2. The van der Waals surface area contributed by atoms with Gasteiger partial charge in [0.1, 0.15) is 0 Å². The third-order valence-electron chi connectivity index (χ3n) is 4.10. The Morgan fingerprint density at radius 3 is 1.81 bits per heavy atom. The van der Waals surface area contributed by atoms with Crippen molar-refractivity contribution in [3.63, 3.8) is 0 Å². The highest BCUT2D eigenvalue weighted by molar-refractivity contribution is 6.44. The molecule has 0 unspecified atom stereocenters. The van der Waals surface area contributed by atoms with Crippen LogP contribution in [0.3, 0.4) is 0 Å². The van der Waals surface area contributed by atoms with Gasteiger partial charge >= 0.3 is 0 Å². The molecule has 2 amide bonds. The van der Waals surface area contributed by atoms with Crippen molar-refractivity contribution in [1.82, 2.24) is 5.01 Å². The largest absolute Gasteiger partial charge is 0.282 e. The average molecular weight is 404 g/mol. The molecule has 3 aromatic carbocycles. The summed E-state index contributed by atoms with van der Waals surface area (Å²) in [6.45, 7) is 0. The van der Waals surface area contributed by atoms with E-state index in [1.54, 1.807) is 48.5 Å². The predicted octanol–water partition coefficient (Wildman–Crippen LogP) is 5.43. The van der Waals surface area contributed by atoms with Crippen molar-refractivity contribution in [2.75, 3.05) is 0 Å². The molecular weight excluding hydrogens is 395 g/mol. The highest BCUT2D eigenvalue weighted by Gasteiger charge is 2.34. The molecule has 0 saturated heterocycles. The normalized spacial score (nSPS) is 13.9. The molecule has 26 heavy (non-hydrogen) atoms. The van der Waals surface area contributed by atoms with Gasteiger partial charge < -0.3 is 0 Å². The smallest absolute Gasteiger partial charge is 0.267 e. The zero-order valence-corrected chi connectivity index (χ0v) is 15.3. The van der Waals surface area contributed by atoms with Crippen molar-refractivity contribution in [1.29, 1.82) is 0 Å². The number of carbonyl (C=O) groups is 2. The Kier molecular flexibility index (Phi) is 4.19. The molecule has 0 atom stereocenters. The van der Waals surface area contributed by atoms with Gasteiger partial charge in [-0.15, -0.1) is 0 Å². The van der Waals surface area contributed by atoms with Crippen LogP contribution in [0.1, 0.15) is 26.3 Å². The number of amides is 2. The van der Waals surface area contributed by atoms with Crippen LogP contribution < -0.4 is 0 Å². The van der Waals surface area contributed by atoms with Crippen LogP contribution in [0, 0.1) is 0 Å². The molecule has 0 radical (unpaired) electrons. The molecule has 0 N–H and O–H groups in total. The fourth-order valence-corrected chi connectivity index (χ4v) is 3.56. The number of benzene rings is 3. The van der Waals surface area contributed by atoms with E-state index in [1.165, 1.54) is 6.21 Å². The first-order chi connectivity index (χ1) is 12.5. The summed E-state index contributed by atoms with van der Waals surface area (Å²) in [5.74, 6) is -1.06. The summed E-state index contributed by atoms with van der Waals surface area (Å²) in [4.78, 5) is 25.6. The summed E-state index contributed by atoms with van der Waals surface area (Å²) < 4.78 is 0. The lowest BCUT2D eigenvalue weighted by atomic mass is 9.95. The molecule has 0 spiro atoms. The van der Waals surface area contributed by atoms with E-state index in [9.17, 15) is 9.59 Å². The maximum Gasteiger partial charge on any atom is 0.282 e. The molecule has 4 rings (SSSR count). The second-order valence-electron chi connectivity index (χ2n) is 5.66. The predicted molar refractivity (Wildman–Crippen MR) is 104 cm³/mol. The van der Waals surface area contributed by atoms with Crippen LogP contribution in [0.15, 0.2) is 53.6 Å². The van der Waals surface area contributed by atoms with E-state index in [-0.39, 0.29) is 0 Å². The van der Waals surface area contributed by atoms with Crippen LogP contribution in [-0.2, 0) is 0 Å². The van der Waals surface area contributed by atoms with Gasteiger partial charge in [0.2, 0.25) is 0 Å². The number of halogens is 3. The van der Waals surface area contributed by atoms with Gasteiger partial charge in [0.25, 0.3) is 11.8 Å². The van der Waals surface area contributed by atoms with E-state index in [4.69, 9.17) is 34.8 Å². The van der Waals surface area contributed by atoms with Crippen molar-refractivity contribution in [2.45, 2.75) is 0 Å². The number of hydrogen-bond acceptors (Lipinski definition) is 3. The summed E-state index contributed by atoms with van der Waals surface area (Å²) in [6, 6.07) is 13.2. The van der Waals surface area contributed by atoms with Crippen LogP contribution in [0.4, 0.5) is 0 Å². The molecular formula is C19H9Cl3N2O2. The first kappa shape index (κ1) is 17.0. The molecule has 7 heteroatoms. The quantitative estimate of drug-likeness (QED) is 0.423. The maximum absolute atomic E-state index is 12.8. The van der Waals surface area contributed by atoms with Crippen molar-refractivity contribution >= 4 is 63.6 Å². The fraction of sp³-hybridized carbons (Fsp3) is 0. The van der Waals surface area contributed by atoms with Crippen molar-refractivity contribution in [3.05, 3.63) is 80.3 Å². The van der Waals surface area contributed by atoms with E-state index in [0.29, 0.717) is 42.5 Å². The van der Waals surface area contributed by atoms with Crippen molar-refractivity contribution < 1.29 is 9.59 Å². The zero-order chi connectivity index (χ0) is 18.4. The minimum absolute atomic E-state index is 0.328. The van der Waals surface area contributed by atoms with E-state index in [2.05, 4.69) is 5.10 Å². The Bertz CT molecular complexity index is 1050. The Hall–Kier alpha value is -2.40. The summed E-state index contributed by atoms with van der Waals surface area (Å²) in [6.07, 6.45) is 1.43. The molecule has 0 saturated carbocycles. The minimum atomic E-state index is -0.531. The monoisotopic (exact) mass is 402 g/mol. The fourth-order valence-electron chi connectivity index (χ4n) is 2.87. The summed E-state index contributed by atoms with van der Waals surface area (Å²) in [7, 11) is 0. The molecule has 0 aromatic heterocycles. The lowest BCUT2D eigenvalue weighted by molar-refractivity contribution is 0.0616. The average Bonchev–Trinajstić information content (AvgIpc) is 2.62. The number of nitrogens with zero attached hydrogens (tertiary/aromatic N) is 2. The molecule has 3 aromatic rings. The van der Waals surface area contributed by atoms with E-state index in [1.807, 2.05) is 0 Å². The van der Waals surface area contributed by atoms with E-state index >= 15 is 0 Å². The van der Waals surface area contributed by atoms with E-state index in [0.717, 1.165) is 5.01 Å². The highest BCUT2D eigenvalue weighted by Crippen LogP contribution is 2.38. The lowest BCUT2D eigenvalue weighted by Gasteiger charge is -2.23. The highest BCUT2D eigenvalue weighted by atomic mass is 35.5. The third-order valence-corrected chi connectivity index (χ3v) is 4.98. The Morgan fingerprint density at radius 2 is 1.27 bits per heavy atom. The second-order valence-corrected chi connectivity index (χ2v) is 6.91. The standard InChI is InChI=1S/C19H9Cl3N2O2/c20-11-3-1-10(2-4-11)9-23-24-18(25)12-5-7-14(21)17-15(22)8-6-13(16(12)17)19(24)26/h1-9H. The van der Waals surface area contributed by atoms with Gasteiger partial charge in [-0.05, 0) is 42.0 Å². The SMILES string of the molecule is O=C1c2ccc(Cl)c3c(Cl)ccc(c23)C(=O)N1N=Cc1ccc(Cl)cc1. The summed E-state index contributed by atoms with van der Waals surface area (Å²) >= 11 is 18.3. The van der Waals surface area contributed by atoms with Crippen molar-refractivity contribution in [2.24, 2.45) is 5.10 Å². The number of carbonyl (C=O) groups excluding carboxylic acids is 2. The molecule has 0 bridgehead atoms. The van der Waals surface area contributed by atoms with Gasteiger partial charge in [-0.25, -0.2) is 0 Å². The molecule has 1 aliphatic heterocycles. The van der Waals surface area contributed by atoms with Crippen molar-refractivity contribution in [3.8, 4) is 0 Å². The maximum atomic E-state index is 12.8. The molecule has 128 valence electrons. The Balaban J connectivity index is 1.83. The van der Waals surface area contributed by atoms with Crippen LogP contribution >= 0.6 is 34.8 Å². The number of hydrogen-bond donors (Lipinski definition) is 0. The van der Waals surface area contributed by atoms with Crippen LogP contribution in [0.5, 0.6) is 0 Å². The molecule has 0 fully saturated rings. The minimum Gasteiger partial charge on any atom is -0.267 e. The lowest BCUT2D eigenvalue weighted by Crippen LogP contribution is -2.36. The topological polar surface area (TPSA) is 49.7 Å². The summed E-state index contributed by atoms with van der Waals surface area (Å²) in [5.41, 5.74) is 1.36. The Morgan fingerprint density at radius 1 is 0.731 bits per heavy atom. The van der Waals surface area contributed by atoms with Gasteiger partial charge in [-0.3, -0.25) is 9.59 Å². The molecule has 1 aliphatic rings. The van der Waals surface area contributed by atoms with Crippen LogP contribution in [0.2, 0.25) is 15.1 Å². The van der Waals surface area contributed by atoms with Gasteiger partial charge in [0, 0.05) is 25.8 Å². The third kappa shape index (κ3) is 2.67. The van der Waals surface area contributed by atoms with Gasteiger partial charge in [0.15, 0.2) is 0 Å². The van der Waals surface area contributed by atoms with E-state index < -0.39 is 11.8 Å². The number of imide groups is 1. The molecule has 4 nitrogen and oxygen atoms in total. The number of hydrazone groups is 1. The van der Waals surface area contributed by atoms with Crippen LogP contribution in [-0.4, -0.2) is 23.0 Å². The first-order valence-corrected chi connectivity index (χ1v) is 8.70. The van der Waals surface area contributed by atoms with Gasteiger partial charge in [-0.2, -0.15) is 10.1 Å². The zero-order valence-electron chi connectivity index (χ0n) is 13.0.